The quantitative estimate of drug-likeness (QED) is 0.606. The lowest BCUT2D eigenvalue weighted by Crippen LogP contribution is -2.41. The zero-order valence-electron chi connectivity index (χ0n) is 16.7. The molecule has 4 heterocycles. The predicted octanol–water partition coefficient (Wildman–Crippen LogP) is 1.03. The third-order valence-electron chi connectivity index (χ3n) is 5.31. The standard InChI is InChI=1S/C20H27N5O4/c1-2-18-22-24(20(27)16-14-17-15(25(16)18)5-11-29-17)7-3-4-19(26)21-6-8-23-9-12-28-13-10-23/h5,11,14H,2-4,6-10,12-13H2,1H3,(H,21,26). The van der Waals surface area contributed by atoms with Crippen molar-refractivity contribution >= 4 is 22.5 Å². The van der Waals surface area contributed by atoms with Crippen molar-refractivity contribution in [3.05, 3.63) is 34.6 Å². The van der Waals surface area contributed by atoms with Crippen molar-refractivity contribution in [3.63, 3.8) is 0 Å². The minimum absolute atomic E-state index is 0.00306. The number of amides is 1. The fourth-order valence-electron chi connectivity index (χ4n) is 3.76. The number of fused-ring (bicyclic) bond motifs is 3. The third kappa shape index (κ3) is 4.20. The first-order chi connectivity index (χ1) is 14.2. The van der Waals surface area contributed by atoms with E-state index in [-0.39, 0.29) is 11.5 Å². The second-order valence-electron chi connectivity index (χ2n) is 7.24. The van der Waals surface area contributed by atoms with E-state index < -0.39 is 0 Å². The molecule has 0 aliphatic carbocycles. The number of aromatic nitrogens is 3. The first-order valence-corrected chi connectivity index (χ1v) is 10.2. The van der Waals surface area contributed by atoms with Gasteiger partial charge in [0.1, 0.15) is 11.3 Å². The van der Waals surface area contributed by atoms with Gasteiger partial charge < -0.3 is 14.5 Å². The Kier molecular flexibility index (Phi) is 5.96. The fourth-order valence-corrected chi connectivity index (χ4v) is 3.76. The molecule has 0 spiro atoms. The molecule has 1 saturated heterocycles. The fraction of sp³-hybridized carbons (Fsp3) is 0.550. The van der Waals surface area contributed by atoms with Gasteiger partial charge in [-0.25, -0.2) is 4.68 Å². The number of nitrogens with zero attached hydrogens (tertiary/aromatic N) is 4. The summed E-state index contributed by atoms with van der Waals surface area (Å²) in [7, 11) is 0. The Morgan fingerprint density at radius 3 is 2.86 bits per heavy atom. The molecule has 9 heteroatoms. The number of morpholine rings is 1. The van der Waals surface area contributed by atoms with E-state index in [0.29, 0.717) is 43.5 Å². The van der Waals surface area contributed by atoms with Crippen LogP contribution in [-0.4, -0.2) is 64.4 Å². The van der Waals surface area contributed by atoms with Crippen molar-refractivity contribution in [1.29, 1.82) is 0 Å². The largest absolute Gasteiger partial charge is 0.463 e. The summed E-state index contributed by atoms with van der Waals surface area (Å²) in [5.41, 5.74) is 1.92. The van der Waals surface area contributed by atoms with Gasteiger partial charge in [0.15, 0.2) is 5.58 Å². The number of ether oxygens (including phenoxy) is 1. The van der Waals surface area contributed by atoms with E-state index in [1.165, 1.54) is 4.68 Å². The summed E-state index contributed by atoms with van der Waals surface area (Å²) in [5.74, 6) is 0.800. The molecule has 156 valence electrons. The van der Waals surface area contributed by atoms with Gasteiger partial charge in [-0.15, -0.1) is 0 Å². The summed E-state index contributed by atoms with van der Waals surface area (Å²) in [6.45, 7) is 7.22. The van der Waals surface area contributed by atoms with Gasteiger partial charge in [0, 0.05) is 57.7 Å². The molecule has 3 aromatic heterocycles. The second-order valence-corrected chi connectivity index (χ2v) is 7.24. The van der Waals surface area contributed by atoms with E-state index in [1.807, 2.05) is 17.4 Å². The summed E-state index contributed by atoms with van der Waals surface area (Å²) in [4.78, 5) is 27.2. The van der Waals surface area contributed by atoms with Crippen molar-refractivity contribution < 1.29 is 13.9 Å². The summed E-state index contributed by atoms with van der Waals surface area (Å²) in [5, 5.41) is 7.47. The van der Waals surface area contributed by atoms with E-state index in [4.69, 9.17) is 9.15 Å². The predicted molar refractivity (Wildman–Crippen MR) is 108 cm³/mol. The Bertz CT molecular complexity index is 1040. The average Bonchev–Trinajstić information content (AvgIpc) is 3.32. The summed E-state index contributed by atoms with van der Waals surface area (Å²) < 4.78 is 14.1. The Morgan fingerprint density at radius 1 is 1.24 bits per heavy atom. The van der Waals surface area contributed by atoms with Crippen LogP contribution in [0.4, 0.5) is 0 Å². The normalized spacial score (nSPS) is 15.3. The van der Waals surface area contributed by atoms with Gasteiger partial charge >= 0.3 is 0 Å². The Balaban J connectivity index is 1.34. The maximum absolute atomic E-state index is 12.8. The van der Waals surface area contributed by atoms with E-state index in [0.717, 1.165) is 44.2 Å². The summed E-state index contributed by atoms with van der Waals surface area (Å²) >= 11 is 0. The Morgan fingerprint density at radius 2 is 2.07 bits per heavy atom. The minimum atomic E-state index is -0.165. The molecular weight excluding hydrogens is 374 g/mol. The molecule has 3 aromatic rings. The van der Waals surface area contributed by atoms with Crippen LogP contribution in [0.15, 0.2) is 27.6 Å². The van der Waals surface area contributed by atoms with Gasteiger partial charge in [-0.1, -0.05) is 6.92 Å². The van der Waals surface area contributed by atoms with Gasteiger partial charge in [0.05, 0.1) is 25.0 Å². The Labute approximate surface area is 168 Å². The SMILES string of the molecule is CCc1nn(CCCC(=O)NCCN2CCOCC2)c(=O)c2cc3occc3n12. The maximum atomic E-state index is 12.8. The number of rotatable bonds is 8. The number of aryl methyl sites for hydroxylation is 2. The highest BCUT2D eigenvalue weighted by molar-refractivity contribution is 5.82. The van der Waals surface area contributed by atoms with Crippen LogP contribution in [0.3, 0.4) is 0 Å². The van der Waals surface area contributed by atoms with E-state index in [9.17, 15) is 9.59 Å². The van der Waals surface area contributed by atoms with Gasteiger partial charge in [0.2, 0.25) is 5.91 Å². The minimum Gasteiger partial charge on any atom is -0.463 e. The molecule has 0 radical (unpaired) electrons. The van der Waals surface area contributed by atoms with Crippen LogP contribution in [0.1, 0.15) is 25.6 Å². The maximum Gasteiger partial charge on any atom is 0.291 e. The summed E-state index contributed by atoms with van der Waals surface area (Å²) in [6.07, 6.45) is 3.23. The lowest BCUT2D eigenvalue weighted by atomic mass is 10.3. The zero-order chi connectivity index (χ0) is 20.2. The molecule has 0 unspecified atom stereocenters. The topological polar surface area (TPSA) is 94.0 Å². The van der Waals surface area contributed by atoms with Gasteiger partial charge in [0.25, 0.3) is 5.56 Å². The van der Waals surface area contributed by atoms with Crippen molar-refractivity contribution in [2.75, 3.05) is 39.4 Å². The van der Waals surface area contributed by atoms with Crippen LogP contribution in [-0.2, 0) is 22.5 Å². The number of furan rings is 1. The van der Waals surface area contributed by atoms with Crippen LogP contribution < -0.4 is 10.9 Å². The highest BCUT2D eigenvalue weighted by Gasteiger charge is 2.15. The number of carbonyl (C=O) groups excluding carboxylic acids is 1. The molecule has 0 saturated carbocycles. The van der Waals surface area contributed by atoms with Gasteiger partial charge in [-0.05, 0) is 6.42 Å². The molecule has 0 bridgehead atoms. The molecule has 9 nitrogen and oxygen atoms in total. The van der Waals surface area contributed by atoms with E-state index in [2.05, 4.69) is 15.3 Å². The molecule has 1 amide bonds. The number of carbonyl (C=O) groups is 1. The smallest absolute Gasteiger partial charge is 0.291 e. The van der Waals surface area contributed by atoms with E-state index in [1.54, 1.807) is 12.3 Å². The lowest BCUT2D eigenvalue weighted by Gasteiger charge is -2.26. The van der Waals surface area contributed by atoms with E-state index >= 15 is 0 Å². The van der Waals surface area contributed by atoms with Crippen LogP contribution >= 0.6 is 0 Å². The van der Waals surface area contributed by atoms with Crippen LogP contribution in [0.5, 0.6) is 0 Å². The molecule has 0 atom stereocenters. The van der Waals surface area contributed by atoms with Crippen LogP contribution in [0.25, 0.3) is 16.6 Å². The lowest BCUT2D eigenvalue weighted by molar-refractivity contribution is -0.121. The first kappa shape index (κ1) is 19.7. The molecule has 0 aromatic carbocycles. The van der Waals surface area contributed by atoms with Crippen LogP contribution in [0.2, 0.25) is 0 Å². The van der Waals surface area contributed by atoms with Crippen LogP contribution in [0, 0.1) is 0 Å². The number of hydrogen-bond donors (Lipinski definition) is 1. The summed E-state index contributed by atoms with van der Waals surface area (Å²) in [6, 6.07) is 3.60. The molecule has 1 N–H and O–H groups in total. The highest BCUT2D eigenvalue weighted by Crippen LogP contribution is 2.20. The Hall–Kier alpha value is -2.65. The molecule has 1 fully saturated rings. The van der Waals surface area contributed by atoms with Crippen molar-refractivity contribution in [1.82, 2.24) is 24.4 Å². The molecule has 1 aliphatic rings. The zero-order valence-corrected chi connectivity index (χ0v) is 16.7. The third-order valence-corrected chi connectivity index (χ3v) is 5.31. The van der Waals surface area contributed by atoms with Gasteiger partial charge in [-0.2, -0.15) is 5.10 Å². The number of nitrogens with one attached hydrogen (secondary N) is 1. The number of hydrogen-bond acceptors (Lipinski definition) is 6. The van der Waals surface area contributed by atoms with Crippen molar-refractivity contribution in [2.24, 2.45) is 0 Å². The monoisotopic (exact) mass is 401 g/mol. The molecular formula is C20H27N5O4. The van der Waals surface area contributed by atoms with Crippen molar-refractivity contribution in [3.8, 4) is 0 Å². The average molecular weight is 401 g/mol. The van der Waals surface area contributed by atoms with Gasteiger partial charge in [-0.3, -0.25) is 18.9 Å². The highest BCUT2D eigenvalue weighted by atomic mass is 16.5. The molecule has 1 aliphatic heterocycles. The molecule has 29 heavy (non-hydrogen) atoms. The second kappa shape index (κ2) is 8.79. The van der Waals surface area contributed by atoms with Crippen molar-refractivity contribution in [2.45, 2.75) is 32.7 Å². The molecule has 4 rings (SSSR count). The first-order valence-electron chi connectivity index (χ1n) is 10.2.